The standard InChI is InChI=1S/3C10H20O2.Ti/c3*1-10(2,3)8-6-4-5-7-9(11)12;/h3*4-8H2,1-3H3,(H,11,12);. The zero-order chi connectivity index (χ0) is 28.8. The summed E-state index contributed by atoms with van der Waals surface area (Å²) in [6.07, 6.45) is 13.6. The van der Waals surface area contributed by atoms with Crippen LogP contribution >= 0.6 is 0 Å². The predicted octanol–water partition coefficient (Wildman–Crippen LogP) is 9.20. The molecule has 0 atom stereocenters. The summed E-state index contributed by atoms with van der Waals surface area (Å²) >= 11 is 0. The van der Waals surface area contributed by atoms with Gasteiger partial charge >= 0.3 is 17.9 Å². The van der Waals surface area contributed by atoms with Crippen LogP contribution < -0.4 is 0 Å². The zero-order valence-electron chi connectivity index (χ0n) is 25.7. The maximum absolute atomic E-state index is 10.2. The average molecular weight is 565 g/mol. The van der Waals surface area contributed by atoms with Gasteiger partial charge in [0.1, 0.15) is 0 Å². The fourth-order valence-corrected chi connectivity index (χ4v) is 3.32. The first-order valence-corrected chi connectivity index (χ1v) is 13.9. The Balaban J connectivity index is -0.000000218. The van der Waals surface area contributed by atoms with Gasteiger partial charge in [-0.25, -0.2) is 0 Å². The molecule has 7 heteroatoms. The molecule has 0 rings (SSSR count). The minimum absolute atomic E-state index is 0. The minimum atomic E-state index is -0.675. The molecule has 0 unspecified atom stereocenters. The molecule has 6 nitrogen and oxygen atoms in total. The van der Waals surface area contributed by atoms with E-state index in [0.29, 0.717) is 35.5 Å². The van der Waals surface area contributed by atoms with Crippen molar-refractivity contribution >= 4 is 17.9 Å². The van der Waals surface area contributed by atoms with E-state index in [0.717, 1.165) is 57.8 Å². The first kappa shape index (κ1) is 43.2. The van der Waals surface area contributed by atoms with Gasteiger partial charge in [-0.2, -0.15) is 0 Å². The molecule has 0 aliphatic carbocycles. The largest absolute Gasteiger partial charge is 0.481 e. The molecular formula is C30H60O6Ti. The third-order valence-electron chi connectivity index (χ3n) is 5.45. The Kier molecular flexibility index (Phi) is 28.2. The van der Waals surface area contributed by atoms with Crippen LogP contribution in [0.4, 0.5) is 0 Å². The van der Waals surface area contributed by atoms with E-state index in [1.807, 2.05) is 0 Å². The van der Waals surface area contributed by atoms with Crippen LogP contribution in [0, 0.1) is 16.2 Å². The normalized spacial score (nSPS) is 11.3. The molecule has 0 aromatic carbocycles. The van der Waals surface area contributed by atoms with Crippen LogP contribution in [0.15, 0.2) is 0 Å². The van der Waals surface area contributed by atoms with Crippen LogP contribution in [0.5, 0.6) is 0 Å². The van der Waals surface area contributed by atoms with E-state index in [-0.39, 0.29) is 21.7 Å². The molecule has 0 bridgehead atoms. The molecule has 3 N–H and O–H groups in total. The van der Waals surface area contributed by atoms with E-state index in [1.165, 1.54) is 19.3 Å². The van der Waals surface area contributed by atoms with Gasteiger partial charge in [0.2, 0.25) is 0 Å². The molecule has 0 saturated carbocycles. The van der Waals surface area contributed by atoms with E-state index in [4.69, 9.17) is 15.3 Å². The number of carboxylic acid groups (broad SMARTS) is 3. The molecule has 0 aliphatic rings. The number of aliphatic carboxylic acids is 3. The fourth-order valence-electron chi connectivity index (χ4n) is 3.32. The number of rotatable bonds is 15. The maximum atomic E-state index is 10.2. The van der Waals surface area contributed by atoms with Gasteiger partial charge in [0.05, 0.1) is 0 Å². The van der Waals surface area contributed by atoms with Crippen LogP contribution in [-0.2, 0) is 36.1 Å². The Bertz CT molecular complexity index is 487. The number of unbranched alkanes of at least 4 members (excludes halogenated alkanes) is 6. The number of hydrogen-bond donors (Lipinski definition) is 3. The van der Waals surface area contributed by atoms with Crippen molar-refractivity contribution in [1.82, 2.24) is 0 Å². The van der Waals surface area contributed by atoms with Crippen LogP contribution in [0.2, 0.25) is 0 Å². The van der Waals surface area contributed by atoms with E-state index in [1.54, 1.807) is 0 Å². The Morgan fingerprint density at radius 1 is 0.405 bits per heavy atom. The van der Waals surface area contributed by atoms with Crippen molar-refractivity contribution in [2.75, 3.05) is 0 Å². The third kappa shape index (κ3) is 56.5. The summed E-state index contributed by atoms with van der Waals surface area (Å²) in [7, 11) is 0. The summed E-state index contributed by atoms with van der Waals surface area (Å²) in [5.74, 6) is -2.03. The molecule has 0 heterocycles. The van der Waals surface area contributed by atoms with E-state index >= 15 is 0 Å². The summed E-state index contributed by atoms with van der Waals surface area (Å²) in [5.41, 5.74) is 1.18. The van der Waals surface area contributed by atoms with Crippen molar-refractivity contribution in [3.8, 4) is 0 Å². The SMILES string of the molecule is CC(C)(C)CCCCCC(=O)O.CC(C)(C)CCCCCC(=O)O.CC(C)(C)CCCCCC(=O)O.[Ti]. The Hall–Kier alpha value is -0.876. The number of carbonyl (C=O) groups is 3. The van der Waals surface area contributed by atoms with Crippen molar-refractivity contribution in [2.45, 2.75) is 159 Å². The van der Waals surface area contributed by atoms with Gasteiger partial charge in [0, 0.05) is 41.0 Å². The Morgan fingerprint density at radius 2 is 0.595 bits per heavy atom. The molecule has 0 saturated heterocycles. The fraction of sp³-hybridized carbons (Fsp3) is 0.900. The molecular weight excluding hydrogens is 504 g/mol. The van der Waals surface area contributed by atoms with Gasteiger partial charge in [-0.15, -0.1) is 0 Å². The number of hydrogen-bond acceptors (Lipinski definition) is 3. The minimum Gasteiger partial charge on any atom is -0.481 e. The molecule has 0 aliphatic heterocycles. The Morgan fingerprint density at radius 3 is 0.730 bits per heavy atom. The summed E-state index contributed by atoms with van der Waals surface area (Å²) in [6, 6.07) is 0. The van der Waals surface area contributed by atoms with Crippen molar-refractivity contribution in [3.63, 3.8) is 0 Å². The van der Waals surface area contributed by atoms with Crippen LogP contribution in [-0.4, -0.2) is 33.2 Å². The van der Waals surface area contributed by atoms with E-state index in [9.17, 15) is 14.4 Å². The Labute approximate surface area is 243 Å². The number of carboxylic acids is 3. The van der Waals surface area contributed by atoms with Crippen molar-refractivity contribution in [1.29, 1.82) is 0 Å². The summed E-state index contributed by atoms with van der Waals surface area (Å²) in [6.45, 7) is 19.9. The molecule has 37 heavy (non-hydrogen) atoms. The molecule has 0 spiro atoms. The maximum Gasteiger partial charge on any atom is 0.303 e. The first-order valence-electron chi connectivity index (χ1n) is 13.9. The molecule has 220 valence electrons. The average Bonchev–Trinajstić information content (AvgIpc) is 2.65. The molecule has 0 aromatic heterocycles. The molecule has 0 aromatic rings. The van der Waals surface area contributed by atoms with Crippen molar-refractivity contribution < 1.29 is 51.4 Å². The van der Waals surface area contributed by atoms with Crippen LogP contribution in [0.3, 0.4) is 0 Å². The second-order valence-electron chi connectivity index (χ2n) is 13.5. The van der Waals surface area contributed by atoms with Crippen molar-refractivity contribution in [2.24, 2.45) is 16.2 Å². The van der Waals surface area contributed by atoms with Crippen LogP contribution in [0.25, 0.3) is 0 Å². The quantitative estimate of drug-likeness (QED) is 0.135. The van der Waals surface area contributed by atoms with Gasteiger partial charge in [0.15, 0.2) is 0 Å². The van der Waals surface area contributed by atoms with E-state index < -0.39 is 17.9 Å². The second kappa shape index (κ2) is 24.2. The molecule has 0 fully saturated rings. The molecule has 0 amide bonds. The van der Waals surface area contributed by atoms with Crippen molar-refractivity contribution in [3.05, 3.63) is 0 Å². The third-order valence-corrected chi connectivity index (χ3v) is 5.45. The first-order chi connectivity index (χ1) is 16.2. The zero-order valence-corrected chi connectivity index (χ0v) is 27.2. The van der Waals surface area contributed by atoms with Crippen LogP contribution in [0.1, 0.15) is 159 Å². The van der Waals surface area contributed by atoms with Gasteiger partial charge in [0.25, 0.3) is 0 Å². The monoisotopic (exact) mass is 564 g/mol. The topological polar surface area (TPSA) is 112 Å². The summed E-state index contributed by atoms with van der Waals surface area (Å²) in [4.78, 5) is 30.5. The summed E-state index contributed by atoms with van der Waals surface area (Å²) < 4.78 is 0. The summed E-state index contributed by atoms with van der Waals surface area (Å²) in [5, 5.41) is 25.1. The smallest absolute Gasteiger partial charge is 0.303 e. The predicted molar refractivity (Wildman–Crippen MR) is 151 cm³/mol. The van der Waals surface area contributed by atoms with E-state index in [2.05, 4.69) is 62.3 Å². The van der Waals surface area contributed by atoms with Gasteiger partial charge in [-0.05, 0) is 54.8 Å². The van der Waals surface area contributed by atoms with Gasteiger partial charge in [-0.3, -0.25) is 14.4 Å². The van der Waals surface area contributed by atoms with Gasteiger partial charge in [-0.1, -0.05) is 101 Å². The molecule has 0 radical (unpaired) electrons. The van der Waals surface area contributed by atoms with Gasteiger partial charge < -0.3 is 15.3 Å². The second-order valence-corrected chi connectivity index (χ2v) is 13.5.